The van der Waals surface area contributed by atoms with E-state index < -0.39 is 0 Å². The monoisotopic (exact) mass is 210 g/mol. The molecule has 0 rings (SSSR count). The molecular formula is C7H15BrO2. The van der Waals surface area contributed by atoms with Gasteiger partial charge in [-0.05, 0) is 19.3 Å². The lowest BCUT2D eigenvalue weighted by Crippen LogP contribution is -2.12. The van der Waals surface area contributed by atoms with Crippen molar-refractivity contribution in [1.29, 1.82) is 0 Å². The zero-order chi connectivity index (χ0) is 7.82. The van der Waals surface area contributed by atoms with E-state index >= 15 is 0 Å². The van der Waals surface area contributed by atoms with Gasteiger partial charge in [0.05, 0.1) is 0 Å². The summed E-state index contributed by atoms with van der Waals surface area (Å²) in [5.41, 5.74) is 0. The number of methoxy groups -OCH3 is 2. The van der Waals surface area contributed by atoms with Crippen LogP contribution in [0.2, 0.25) is 0 Å². The Labute approximate surface area is 71.0 Å². The van der Waals surface area contributed by atoms with Gasteiger partial charge in [-0.3, -0.25) is 0 Å². The van der Waals surface area contributed by atoms with E-state index in [2.05, 4.69) is 15.9 Å². The van der Waals surface area contributed by atoms with Crippen molar-refractivity contribution in [2.24, 2.45) is 0 Å². The molecule has 0 saturated heterocycles. The van der Waals surface area contributed by atoms with Gasteiger partial charge in [-0.25, -0.2) is 0 Å². The first-order chi connectivity index (χ1) is 4.85. The quantitative estimate of drug-likeness (QED) is 0.381. The van der Waals surface area contributed by atoms with Gasteiger partial charge in [0.25, 0.3) is 0 Å². The summed E-state index contributed by atoms with van der Waals surface area (Å²) in [5.74, 6) is 0. The molecule has 0 spiro atoms. The van der Waals surface area contributed by atoms with Gasteiger partial charge >= 0.3 is 0 Å². The number of unbranched alkanes of at least 4 members (excludes halogenated alkanes) is 1. The molecule has 10 heavy (non-hydrogen) atoms. The fraction of sp³-hybridized carbons (Fsp3) is 1.00. The number of rotatable bonds is 6. The molecule has 0 aliphatic carbocycles. The van der Waals surface area contributed by atoms with Crippen LogP contribution in [0.3, 0.4) is 0 Å². The first-order valence-electron chi connectivity index (χ1n) is 3.46. The van der Waals surface area contributed by atoms with Crippen LogP contribution in [0.5, 0.6) is 0 Å². The maximum atomic E-state index is 5.01. The maximum Gasteiger partial charge on any atom is 0.156 e. The van der Waals surface area contributed by atoms with E-state index in [1.807, 2.05) is 0 Å². The van der Waals surface area contributed by atoms with E-state index in [0.29, 0.717) is 0 Å². The van der Waals surface area contributed by atoms with E-state index in [4.69, 9.17) is 9.47 Å². The molecule has 3 heteroatoms. The number of halogens is 1. The van der Waals surface area contributed by atoms with Crippen LogP contribution in [0.15, 0.2) is 0 Å². The lowest BCUT2D eigenvalue weighted by molar-refractivity contribution is -0.106. The Morgan fingerprint density at radius 1 is 1.20 bits per heavy atom. The van der Waals surface area contributed by atoms with Crippen LogP contribution in [-0.4, -0.2) is 25.8 Å². The minimum atomic E-state index is -0.0148. The maximum absolute atomic E-state index is 5.01. The van der Waals surface area contributed by atoms with Crippen LogP contribution in [0, 0.1) is 0 Å². The summed E-state index contributed by atoms with van der Waals surface area (Å²) in [6.07, 6.45) is 3.30. The first-order valence-corrected chi connectivity index (χ1v) is 4.58. The SMILES string of the molecule is COC(CCCCBr)OC. The third kappa shape index (κ3) is 5.21. The van der Waals surface area contributed by atoms with Crippen molar-refractivity contribution >= 4 is 15.9 Å². The number of hydrogen-bond donors (Lipinski definition) is 0. The Hall–Kier alpha value is 0.400. The van der Waals surface area contributed by atoms with E-state index in [1.165, 1.54) is 6.42 Å². The van der Waals surface area contributed by atoms with Crippen molar-refractivity contribution in [2.75, 3.05) is 19.5 Å². The topological polar surface area (TPSA) is 18.5 Å². The molecule has 0 unspecified atom stereocenters. The zero-order valence-electron chi connectivity index (χ0n) is 6.60. The van der Waals surface area contributed by atoms with Crippen molar-refractivity contribution in [3.05, 3.63) is 0 Å². The lowest BCUT2D eigenvalue weighted by atomic mass is 10.2. The van der Waals surface area contributed by atoms with E-state index in [9.17, 15) is 0 Å². The molecular weight excluding hydrogens is 196 g/mol. The second-order valence-corrected chi connectivity index (χ2v) is 2.88. The second-order valence-electron chi connectivity index (χ2n) is 2.09. The highest BCUT2D eigenvalue weighted by molar-refractivity contribution is 9.09. The summed E-state index contributed by atoms with van der Waals surface area (Å²) in [5, 5.41) is 1.06. The zero-order valence-corrected chi connectivity index (χ0v) is 8.19. The van der Waals surface area contributed by atoms with Crippen molar-refractivity contribution < 1.29 is 9.47 Å². The van der Waals surface area contributed by atoms with Gasteiger partial charge in [-0.2, -0.15) is 0 Å². The van der Waals surface area contributed by atoms with Crippen LogP contribution in [0.25, 0.3) is 0 Å². The molecule has 0 fully saturated rings. The van der Waals surface area contributed by atoms with Gasteiger partial charge in [0.15, 0.2) is 6.29 Å². The molecule has 0 saturated carbocycles. The van der Waals surface area contributed by atoms with Crippen molar-refractivity contribution in [3.63, 3.8) is 0 Å². The third-order valence-electron chi connectivity index (χ3n) is 1.35. The fourth-order valence-electron chi connectivity index (χ4n) is 0.737. The molecule has 0 aliphatic heterocycles. The van der Waals surface area contributed by atoms with Crippen LogP contribution >= 0.6 is 15.9 Å². The first kappa shape index (κ1) is 10.4. The molecule has 0 aromatic carbocycles. The predicted molar refractivity (Wildman–Crippen MR) is 45.5 cm³/mol. The molecule has 62 valence electrons. The predicted octanol–water partition coefficient (Wildman–Crippen LogP) is 2.17. The normalized spacial score (nSPS) is 10.8. The Morgan fingerprint density at radius 3 is 2.20 bits per heavy atom. The molecule has 0 amide bonds. The summed E-state index contributed by atoms with van der Waals surface area (Å²) in [7, 11) is 3.34. The molecule has 0 bridgehead atoms. The van der Waals surface area contributed by atoms with Gasteiger partial charge in [0.1, 0.15) is 0 Å². The molecule has 0 aromatic heterocycles. The minimum absolute atomic E-state index is 0.0148. The van der Waals surface area contributed by atoms with Gasteiger partial charge in [0.2, 0.25) is 0 Å². The number of hydrogen-bond acceptors (Lipinski definition) is 2. The largest absolute Gasteiger partial charge is 0.356 e. The van der Waals surface area contributed by atoms with Crippen LogP contribution in [-0.2, 0) is 9.47 Å². The van der Waals surface area contributed by atoms with Crippen LogP contribution in [0.4, 0.5) is 0 Å². The Balaban J connectivity index is 3.09. The Morgan fingerprint density at radius 2 is 1.80 bits per heavy atom. The number of ether oxygens (including phenoxy) is 2. The fourth-order valence-corrected chi connectivity index (χ4v) is 1.13. The summed E-state index contributed by atoms with van der Waals surface area (Å²) in [4.78, 5) is 0. The highest BCUT2D eigenvalue weighted by Gasteiger charge is 2.02. The highest BCUT2D eigenvalue weighted by atomic mass is 79.9. The van der Waals surface area contributed by atoms with Crippen molar-refractivity contribution in [1.82, 2.24) is 0 Å². The molecule has 0 radical (unpaired) electrons. The molecule has 0 aliphatic rings. The van der Waals surface area contributed by atoms with E-state index in [-0.39, 0.29) is 6.29 Å². The summed E-state index contributed by atoms with van der Waals surface area (Å²) in [6, 6.07) is 0. The van der Waals surface area contributed by atoms with Gasteiger partial charge in [-0.15, -0.1) is 0 Å². The molecule has 0 heterocycles. The second kappa shape index (κ2) is 7.51. The van der Waals surface area contributed by atoms with E-state index in [0.717, 1.165) is 18.2 Å². The summed E-state index contributed by atoms with van der Waals surface area (Å²) in [6.45, 7) is 0. The van der Waals surface area contributed by atoms with Crippen LogP contribution < -0.4 is 0 Å². The lowest BCUT2D eigenvalue weighted by Gasteiger charge is -2.11. The van der Waals surface area contributed by atoms with E-state index in [1.54, 1.807) is 14.2 Å². The Bertz CT molecular complexity index is 64.6. The highest BCUT2D eigenvalue weighted by Crippen LogP contribution is 2.05. The number of alkyl halides is 1. The molecule has 2 nitrogen and oxygen atoms in total. The average molecular weight is 211 g/mol. The molecule has 0 atom stereocenters. The van der Waals surface area contributed by atoms with Gasteiger partial charge < -0.3 is 9.47 Å². The average Bonchev–Trinajstić information content (AvgIpc) is 1.99. The minimum Gasteiger partial charge on any atom is -0.356 e. The Kier molecular flexibility index (Phi) is 7.81. The third-order valence-corrected chi connectivity index (χ3v) is 1.91. The molecule has 0 N–H and O–H groups in total. The van der Waals surface area contributed by atoms with Crippen LogP contribution in [0.1, 0.15) is 19.3 Å². The summed E-state index contributed by atoms with van der Waals surface area (Å²) < 4.78 is 10.0. The molecule has 0 aromatic rings. The summed E-state index contributed by atoms with van der Waals surface area (Å²) >= 11 is 3.36. The van der Waals surface area contributed by atoms with Gasteiger partial charge in [0, 0.05) is 19.5 Å². The standard InChI is InChI=1S/C7H15BrO2/c1-9-7(10-2)5-3-4-6-8/h7H,3-6H2,1-2H3. The van der Waals surface area contributed by atoms with Crippen molar-refractivity contribution in [2.45, 2.75) is 25.6 Å². The smallest absolute Gasteiger partial charge is 0.156 e. The van der Waals surface area contributed by atoms with Crippen molar-refractivity contribution in [3.8, 4) is 0 Å². The van der Waals surface area contributed by atoms with Gasteiger partial charge in [-0.1, -0.05) is 15.9 Å².